The van der Waals surface area contributed by atoms with E-state index in [1.807, 2.05) is 0 Å². The molecule has 0 amide bonds. The summed E-state index contributed by atoms with van der Waals surface area (Å²) in [5.41, 5.74) is -0.867. The number of carbonyl (C=O) groups is 2. The van der Waals surface area contributed by atoms with E-state index in [0.29, 0.717) is 6.42 Å². The van der Waals surface area contributed by atoms with Crippen molar-refractivity contribution in [3.05, 3.63) is 27.9 Å². The first kappa shape index (κ1) is 17.3. The molecule has 0 aliphatic heterocycles. The van der Waals surface area contributed by atoms with Crippen LogP contribution in [-0.4, -0.2) is 39.6 Å². The third kappa shape index (κ3) is 4.14. The highest BCUT2D eigenvalue weighted by Gasteiger charge is 2.29. The fourth-order valence-corrected chi connectivity index (χ4v) is 1.83. The van der Waals surface area contributed by atoms with Crippen molar-refractivity contribution in [3.8, 4) is 0 Å². The van der Waals surface area contributed by atoms with Gasteiger partial charge in [0.1, 0.15) is 11.6 Å². The van der Waals surface area contributed by atoms with Crippen LogP contribution in [0.15, 0.2) is 12.3 Å². The Kier molecular flexibility index (Phi) is 6.24. The van der Waals surface area contributed by atoms with Crippen LogP contribution in [0.1, 0.15) is 37.0 Å². The molecule has 0 saturated heterocycles. The molecule has 0 aliphatic rings. The molecule has 0 spiro atoms. The minimum Gasteiger partial charge on any atom is -0.480 e. The van der Waals surface area contributed by atoms with Gasteiger partial charge in [-0.2, -0.15) is 0 Å². The van der Waals surface area contributed by atoms with Crippen molar-refractivity contribution in [1.82, 2.24) is 4.98 Å². The highest BCUT2D eigenvalue weighted by Crippen LogP contribution is 2.28. The number of rotatable bonds is 8. The molecule has 9 heteroatoms. The molecule has 1 aromatic rings. The zero-order valence-electron chi connectivity index (χ0n) is 12.2. The molecule has 1 atom stereocenters. The summed E-state index contributed by atoms with van der Waals surface area (Å²) in [4.78, 5) is 37.1. The Morgan fingerprint density at radius 1 is 1.50 bits per heavy atom. The zero-order valence-corrected chi connectivity index (χ0v) is 12.2. The van der Waals surface area contributed by atoms with E-state index in [0.717, 1.165) is 6.07 Å². The molecule has 1 rings (SSSR count). The van der Waals surface area contributed by atoms with Gasteiger partial charge in [-0.25, -0.2) is 14.6 Å². The average Bonchev–Trinajstić information content (AvgIpc) is 2.46. The van der Waals surface area contributed by atoms with E-state index in [9.17, 15) is 19.7 Å². The van der Waals surface area contributed by atoms with Gasteiger partial charge in [0.2, 0.25) is 5.82 Å². The summed E-state index contributed by atoms with van der Waals surface area (Å²) in [6.45, 7) is 3.43. The monoisotopic (exact) mass is 311 g/mol. The number of nitrogens with one attached hydrogen (secondary N) is 1. The van der Waals surface area contributed by atoms with Crippen LogP contribution in [0.4, 0.5) is 11.5 Å². The van der Waals surface area contributed by atoms with Crippen molar-refractivity contribution in [2.45, 2.75) is 32.7 Å². The molecule has 1 heterocycles. The number of carboxylic acid groups (broad SMARTS) is 1. The summed E-state index contributed by atoms with van der Waals surface area (Å²) in [6, 6.07) is 0.130. The van der Waals surface area contributed by atoms with Gasteiger partial charge >= 0.3 is 17.6 Å². The molecule has 9 nitrogen and oxygen atoms in total. The highest BCUT2D eigenvalue weighted by molar-refractivity contribution is 5.96. The first-order valence-electron chi connectivity index (χ1n) is 6.72. The second kappa shape index (κ2) is 7.91. The predicted octanol–water partition coefficient (Wildman–Crippen LogP) is 1.83. The molecule has 0 aliphatic carbocycles. The number of hydrogen-bond acceptors (Lipinski definition) is 7. The second-order valence-corrected chi connectivity index (χ2v) is 4.36. The lowest BCUT2D eigenvalue weighted by atomic mass is 10.1. The van der Waals surface area contributed by atoms with Gasteiger partial charge in [0.15, 0.2) is 0 Å². The molecule has 0 bridgehead atoms. The maximum atomic E-state index is 11.8. The van der Waals surface area contributed by atoms with E-state index < -0.39 is 28.6 Å². The molecule has 1 aromatic heterocycles. The Labute approximate surface area is 126 Å². The maximum absolute atomic E-state index is 11.8. The highest BCUT2D eigenvalue weighted by atomic mass is 16.6. The Hall–Kier alpha value is -2.71. The number of carboxylic acids is 1. The Balaban J connectivity index is 3.24. The van der Waals surface area contributed by atoms with Crippen LogP contribution in [0.25, 0.3) is 0 Å². The number of aromatic nitrogens is 1. The fourth-order valence-electron chi connectivity index (χ4n) is 1.83. The van der Waals surface area contributed by atoms with Crippen LogP contribution in [0, 0.1) is 10.1 Å². The van der Waals surface area contributed by atoms with Gasteiger partial charge in [0.25, 0.3) is 0 Å². The van der Waals surface area contributed by atoms with Gasteiger partial charge in [-0.3, -0.25) is 10.1 Å². The van der Waals surface area contributed by atoms with E-state index in [2.05, 4.69) is 10.3 Å². The molecular formula is C13H17N3O6. The lowest BCUT2D eigenvalue weighted by Crippen LogP contribution is -2.30. The minimum atomic E-state index is -1.15. The molecule has 0 aromatic carbocycles. The Bertz CT molecular complexity index is 575. The van der Waals surface area contributed by atoms with E-state index in [4.69, 9.17) is 9.84 Å². The largest absolute Gasteiger partial charge is 0.480 e. The number of aliphatic carboxylic acids is 1. The van der Waals surface area contributed by atoms with E-state index in [1.165, 1.54) is 6.20 Å². The van der Waals surface area contributed by atoms with E-state index >= 15 is 0 Å². The fraction of sp³-hybridized carbons (Fsp3) is 0.462. The van der Waals surface area contributed by atoms with Crippen molar-refractivity contribution in [1.29, 1.82) is 0 Å². The standard InChI is InChI=1S/C13H17N3O6/c1-3-5-9(12(17)18)15-11-10(16(20)21)8(6-7-14-11)13(19)22-4-2/h6-7,9H,3-5H2,1-2H3,(H,14,15)(H,17,18). The second-order valence-electron chi connectivity index (χ2n) is 4.36. The summed E-state index contributed by atoms with van der Waals surface area (Å²) in [5.74, 6) is -2.28. The lowest BCUT2D eigenvalue weighted by molar-refractivity contribution is -0.384. The molecule has 0 fully saturated rings. The lowest BCUT2D eigenvalue weighted by Gasteiger charge is -2.14. The van der Waals surface area contributed by atoms with Crippen molar-refractivity contribution < 1.29 is 24.4 Å². The summed E-state index contributed by atoms with van der Waals surface area (Å²) in [7, 11) is 0. The Morgan fingerprint density at radius 3 is 2.68 bits per heavy atom. The number of carbonyl (C=O) groups excluding carboxylic acids is 1. The molecule has 0 radical (unpaired) electrons. The number of hydrogen-bond donors (Lipinski definition) is 2. The normalized spacial score (nSPS) is 11.5. The van der Waals surface area contributed by atoms with Crippen molar-refractivity contribution >= 4 is 23.4 Å². The average molecular weight is 311 g/mol. The summed E-state index contributed by atoms with van der Waals surface area (Å²) < 4.78 is 4.76. The van der Waals surface area contributed by atoms with Gasteiger partial charge in [-0.05, 0) is 19.4 Å². The number of esters is 1. The van der Waals surface area contributed by atoms with E-state index in [-0.39, 0.29) is 24.4 Å². The van der Waals surface area contributed by atoms with Crippen molar-refractivity contribution in [3.63, 3.8) is 0 Å². The molecule has 2 N–H and O–H groups in total. The van der Waals surface area contributed by atoms with Gasteiger partial charge in [0.05, 0.1) is 11.5 Å². The van der Waals surface area contributed by atoms with Gasteiger partial charge in [-0.15, -0.1) is 0 Å². The number of pyridine rings is 1. The van der Waals surface area contributed by atoms with Crippen LogP contribution in [0.2, 0.25) is 0 Å². The number of ether oxygens (including phenoxy) is 1. The van der Waals surface area contributed by atoms with Gasteiger partial charge in [-0.1, -0.05) is 13.3 Å². The van der Waals surface area contributed by atoms with Crippen LogP contribution in [0.3, 0.4) is 0 Å². The molecule has 120 valence electrons. The topological polar surface area (TPSA) is 132 Å². The summed E-state index contributed by atoms with van der Waals surface area (Å²) in [5, 5.41) is 22.8. The molecule has 22 heavy (non-hydrogen) atoms. The predicted molar refractivity (Wildman–Crippen MR) is 76.8 cm³/mol. The zero-order chi connectivity index (χ0) is 16.7. The molecule has 1 unspecified atom stereocenters. The number of anilines is 1. The first-order valence-corrected chi connectivity index (χ1v) is 6.72. The molecular weight excluding hydrogens is 294 g/mol. The van der Waals surface area contributed by atoms with Crippen molar-refractivity contribution in [2.75, 3.05) is 11.9 Å². The van der Waals surface area contributed by atoms with E-state index in [1.54, 1.807) is 13.8 Å². The first-order chi connectivity index (χ1) is 10.4. The third-order valence-electron chi connectivity index (χ3n) is 2.79. The number of nitrogens with zero attached hydrogens (tertiary/aromatic N) is 2. The Morgan fingerprint density at radius 2 is 2.18 bits per heavy atom. The SMILES string of the molecule is CCCC(Nc1nccc(C(=O)OCC)c1[N+](=O)[O-])C(=O)O. The van der Waals surface area contributed by atoms with Crippen LogP contribution < -0.4 is 5.32 Å². The van der Waals surface area contributed by atoms with Crippen LogP contribution in [-0.2, 0) is 9.53 Å². The summed E-state index contributed by atoms with van der Waals surface area (Å²) in [6.07, 6.45) is 2.01. The number of nitro groups is 1. The van der Waals surface area contributed by atoms with Crippen molar-refractivity contribution in [2.24, 2.45) is 0 Å². The van der Waals surface area contributed by atoms with Crippen LogP contribution in [0.5, 0.6) is 0 Å². The van der Waals surface area contributed by atoms with Gasteiger partial charge < -0.3 is 15.2 Å². The molecule has 0 saturated carbocycles. The van der Waals surface area contributed by atoms with Gasteiger partial charge in [0, 0.05) is 6.20 Å². The quantitative estimate of drug-likeness (QED) is 0.422. The van der Waals surface area contributed by atoms with Crippen LogP contribution >= 0.6 is 0 Å². The smallest absolute Gasteiger partial charge is 0.345 e. The minimum absolute atomic E-state index is 0.0641. The maximum Gasteiger partial charge on any atom is 0.345 e. The summed E-state index contributed by atoms with van der Waals surface area (Å²) >= 11 is 0. The third-order valence-corrected chi connectivity index (χ3v) is 2.79.